The third kappa shape index (κ3) is 2.76. The summed E-state index contributed by atoms with van der Waals surface area (Å²) in [6.07, 6.45) is 0.619. The van der Waals surface area contributed by atoms with Crippen molar-refractivity contribution in [3.63, 3.8) is 0 Å². The van der Waals surface area contributed by atoms with Crippen molar-refractivity contribution in [2.45, 2.75) is 25.9 Å². The third-order valence-corrected chi connectivity index (χ3v) is 4.50. The molecule has 1 fully saturated rings. The molecular weight excluding hydrogens is 312 g/mol. The molecule has 0 aliphatic carbocycles. The number of halogens is 1. The zero-order chi connectivity index (χ0) is 15.0. The quantitative estimate of drug-likeness (QED) is 0.685. The fourth-order valence-corrected chi connectivity index (χ4v) is 3.53. The maximum absolute atomic E-state index is 11.8. The van der Waals surface area contributed by atoms with E-state index in [1.165, 1.54) is 11.3 Å². The molecule has 2 aromatic heterocycles. The van der Waals surface area contributed by atoms with E-state index in [9.17, 15) is 9.59 Å². The lowest BCUT2D eigenvalue weighted by Gasteiger charge is -2.32. The number of carbonyl (C=O) groups excluding carboxylic acids is 2. The van der Waals surface area contributed by atoms with Crippen molar-refractivity contribution < 1.29 is 9.59 Å². The molecule has 1 N–H and O–H groups in total. The molecule has 2 amide bonds. The molecule has 0 radical (unpaired) electrons. The first-order valence-electron chi connectivity index (χ1n) is 6.56. The van der Waals surface area contributed by atoms with Crippen molar-refractivity contribution in [3.05, 3.63) is 22.4 Å². The highest BCUT2D eigenvalue weighted by Crippen LogP contribution is 2.25. The van der Waals surface area contributed by atoms with Gasteiger partial charge in [0.1, 0.15) is 15.8 Å². The second kappa shape index (κ2) is 5.67. The summed E-state index contributed by atoms with van der Waals surface area (Å²) in [5.74, 6) is -0.0408. The van der Waals surface area contributed by atoms with Crippen molar-refractivity contribution in [1.82, 2.24) is 20.2 Å². The zero-order valence-electron chi connectivity index (χ0n) is 11.3. The Balaban J connectivity index is 1.89. The standard InChI is InChI=1S/C13H13ClN4O2S/c1-2-8-12(20)17-10(19)6-18(8)5-9-15-11(14)7-3-4-21-13(7)16-9/h3-4,8H,2,5-6H2,1H3,(H,17,19,20). The Morgan fingerprint density at radius 2 is 2.29 bits per heavy atom. The average molecular weight is 325 g/mol. The largest absolute Gasteiger partial charge is 0.294 e. The van der Waals surface area contributed by atoms with Gasteiger partial charge in [0.25, 0.3) is 0 Å². The Morgan fingerprint density at radius 3 is 3.05 bits per heavy atom. The van der Waals surface area contributed by atoms with Crippen molar-refractivity contribution >= 4 is 45.0 Å². The lowest BCUT2D eigenvalue weighted by Crippen LogP contribution is -2.57. The van der Waals surface area contributed by atoms with Gasteiger partial charge in [-0.1, -0.05) is 18.5 Å². The highest BCUT2D eigenvalue weighted by Gasteiger charge is 2.32. The molecule has 0 bridgehead atoms. The van der Waals surface area contributed by atoms with Crippen molar-refractivity contribution in [2.75, 3.05) is 6.54 Å². The number of fused-ring (bicyclic) bond motifs is 1. The first-order chi connectivity index (χ1) is 10.1. The number of aromatic nitrogens is 2. The Labute approximate surface area is 130 Å². The van der Waals surface area contributed by atoms with E-state index in [0.29, 0.717) is 23.9 Å². The molecule has 21 heavy (non-hydrogen) atoms. The maximum Gasteiger partial charge on any atom is 0.243 e. The molecule has 1 unspecified atom stereocenters. The number of imide groups is 1. The van der Waals surface area contributed by atoms with Gasteiger partial charge in [-0.15, -0.1) is 11.3 Å². The second-order valence-electron chi connectivity index (χ2n) is 4.81. The van der Waals surface area contributed by atoms with Gasteiger partial charge < -0.3 is 0 Å². The van der Waals surface area contributed by atoms with E-state index < -0.39 is 0 Å². The van der Waals surface area contributed by atoms with Crippen LogP contribution < -0.4 is 5.32 Å². The van der Waals surface area contributed by atoms with Crippen LogP contribution in [0, 0.1) is 0 Å². The summed E-state index contributed by atoms with van der Waals surface area (Å²) in [6, 6.07) is 1.53. The van der Waals surface area contributed by atoms with Crippen LogP contribution in [0.2, 0.25) is 5.15 Å². The number of piperazine rings is 1. The number of rotatable bonds is 3. The molecular formula is C13H13ClN4O2S. The van der Waals surface area contributed by atoms with Crippen LogP contribution >= 0.6 is 22.9 Å². The number of thiophene rings is 1. The Morgan fingerprint density at radius 1 is 1.48 bits per heavy atom. The van der Waals surface area contributed by atoms with Crippen LogP contribution in [0.3, 0.4) is 0 Å². The summed E-state index contributed by atoms with van der Waals surface area (Å²) in [7, 11) is 0. The van der Waals surface area contributed by atoms with Crippen LogP contribution in [-0.2, 0) is 16.1 Å². The SMILES string of the molecule is CCC1C(=O)NC(=O)CN1Cc1nc(Cl)c2ccsc2n1. The predicted molar refractivity (Wildman–Crippen MR) is 80.1 cm³/mol. The van der Waals surface area contributed by atoms with Crippen LogP contribution in [0.25, 0.3) is 10.2 Å². The lowest BCUT2D eigenvalue weighted by molar-refractivity contribution is -0.140. The van der Waals surface area contributed by atoms with Crippen LogP contribution in [0.5, 0.6) is 0 Å². The number of carbonyl (C=O) groups is 2. The monoisotopic (exact) mass is 324 g/mol. The first kappa shape index (κ1) is 14.4. The highest BCUT2D eigenvalue weighted by atomic mass is 35.5. The molecule has 8 heteroatoms. The smallest absolute Gasteiger partial charge is 0.243 e. The summed E-state index contributed by atoms with van der Waals surface area (Å²) in [5.41, 5.74) is 0. The van der Waals surface area contributed by atoms with Gasteiger partial charge in [0.05, 0.1) is 19.1 Å². The van der Waals surface area contributed by atoms with E-state index in [2.05, 4.69) is 15.3 Å². The molecule has 0 spiro atoms. The molecule has 110 valence electrons. The third-order valence-electron chi connectivity index (χ3n) is 3.41. The van der Waals surface area contributed by atoms with Gasteiger partial charge in [-0.3, -0.25) is 19.8 Å². The van der Waals surface area contributed by atoms with E-state index in [-0.39, 0.29) is 24.4 Å². The minimum Gasteiger partial charge on any atom is -0.294 e. The van der Waals surface area contributed by atoms with Gasteiger partial charge >= 0.3 is 0 Å². The minimum absolute atomic E-state index is 0.160. The second-order valence-corrected chi connectivity index (χ2v) is 6.06. The van der Waals surface area contributed by atoms with Gasteiger partial charge in [-0.05, 0) is 17.9 Å². The number of nitrogens with zero attached hydrogens (tertiary/aromatic N) is 3. The normalized spacial score (nSPS) is 20.0. The maximum atomic E-state index is 11.8. The highest BCUT2D eigenvalue weighted by molar-refractivity contribution is 7.16. The van der Waals surface area contributed by atoms with Crippen molar-refractivity contribution in [2.24, 2.45) is 0 Å². The van der Waals surface area contributed by atoms with E-state index >= 15 is 0 Å². The number of amides is 2. The van der Waals surface area contributed by atoms with Crippen molar-refractivity contribution in [3.8, 4) is 0 Å². The predicted octanol–water partition coefficient (Wildman–Crippen LogP) is 1.58. The molecule has 3 heterocycles. The van der Waals surface area contributed by atoms with Gasteiger partial charge in [0.15, 0.2) is 0 Å². The van der Waals surface area contributed by atoms with Crippen molar-refractivity contribution in [1.29, 1.82) is 0 Å². The number of hydrogen-bond donors (Lipinski definition) is 1. The zero-order valence-corrected chi connectivity index (χ0v) is 12.9. The number of hydrogen-bond acceptors (Lipinski definition) is 6. The molecule has 6 nitrogen and oxygen atoms in total. The van der Waals surface area contributed by atoms with Gasteiger partial charge in [0, 0.05) is 5.39 Å². The molecule has 0 aromatic carbocycles. The van der Waals surface area contributed by atoms with E-state index in [1.807, 2.05) is 18.4 Å². The summed E-state index contributed by atoms with van der Waals surface area (Å²) in [4.78, 5) is 34.7. The van der Waals surface area contributed by atoms with Gasteiger partial charge in [-0.25, -0.2) is 9.97 Å². The molecule has 3 rings (SSSR count). The van der Waals surface area contributed by atoms with E-state index in [0.717, 1.165) is 10.2 Å². The topological polar surface area (TPSA) is 75.2 Å². The first-order valence-corrected chi connectivity index (χ1v) is 7.81. The van der Waals surface area contributed by atoms with Crippen LogP contribution in [0.15, 0.2) is 11.4 Å². The summed E-state index contributed by atoms with van der Waals surface area (Å²) in [6.45, 7) is 2.39. The summed E-state index contributed by atoms with van der Waals surface area (Å²) in [5, 5.41) is 5.48. The molecule has 1 atom stereocenters. The molecule has 1 saturated heterocycles. The molecule has 0 saturated carbocycles. The van der Waals surface area contributed by atoms with Gasteiger partial charge in [-0.2, -0.15) is 0 Å². The lowest BCUT2D eigenvalue weighted by atomic mass is 10.1. The van der Waals surface area contributed by atoms with Crippen LogP contribution in [-0.4, -0.2) is 39.3 Å². The Hall–Kier alpha value is -1.57. The molecule has 1 aliphatic rings. The number of nitrogens with one attached hydrogen (secondary N) is 1. The van der Waals surface area contributed by atoms with Crippen LogP contribution in [0.1, 0.15) is 19.2 Å². The molecule has 2 aromatic rings. The summed E-state index contributed by atoms with van der Waals surface area (Å²) >= 11 is 7.62. The Kier molecular flexibility index (Phi) is 3.88. The fraction of sp³-hybridized carbons (Fsp3) is 0.385. The van der Waals surface area contributed by atoms with Gasteiger partial charge in [0.2, 0.25) is 11.8 Å². The Bertz CT molecular complexity index is 717. The molecule has 1 aliphatic heterocycles. The minimum atomic E-state index is -0.343. The van der Waals surface area contributed by atoms with E-state index in [4.69, 9.17) is 11.6 Å². The van der Waals surface area contributed by atoms with E-state index in [1.54, 1.807) is 4.90 Å². The fourth-order valence-electron chi connectivity index (χ4n) is 2.44. The average Bonchev–Trinajstić information content (AvgIpc) is 2.87. The summed E-state index contributed by atoms with van der Waals surface area (Å²) < 4.78 is 0. The van der Waals surface area contributed by atoms with Crippen LogP contribution in [0.4, 0.5) is 0 Å².